The second-order valence-corrected chi connectivity index (χ2v) is 19.6. The van der Waals surface area contributed by atoms with Gasteiger partial charge < -0.3 is 20.3 Å². The summed E-state index contributed by atoms with van der Waals surface area (Å²) in [6, 6.07) is -0.636. The first kappa shape index (κ1) is 63.8. The number of ether oxygens (including phenoxy) is 1. The lowest BCUT2D eigenvalue weighted by Gasteiger charge is -2.20. The quantitative estimate of drug-likeness (QED) is 0.0321. The Morgan fingerprint density at radius 3 is 1.21 bits per heavy atom. The number of nitrogens with one attached hydrogen (secondary N) is 1. The van der Waals surface area contributed by atoms with Crippen molar-refractivity contribution in [2.45, 2.75) is 309 Å². The highest BCUT2D eigenvalue weighted by Gasteiger charge is 2.18. The van der Waals surface area contributed by atoms with Crippen molar-refractivity contribution in [2.75, 3.05) is 13.2 Å². The SMILES string of the molecule is CCCC/C=C\CCCCCCCC(=O)OCCCCCCCCCCC/C=C\C/C=C\CCCCCCCCCC(=O)NC(CO)C(O)/C=C/CCCCCCCCCCCCCCC. The van der Waals surface area contributed by atoms with Crippen LogP contribution in [0.25, 0.3) is 0 Å². The van der Waals surface area contributed by atoms with E-state index in [0.29, 0.717) is 19.4 Å². The van der Waals surface area contributed by atoms with Crippen LogP contribution in [0.2, 0.25) is 0 Å². The second-order valence-electron chi connectivity index (χ2n) is 19.6. The number of amides is 1. The number of aliphatic hydroxyl groups excluding tert-OH is 2. The van der Waals surface area contributed by atoms with Crippen LogP contribution in [0.15, 0.2) is 48.6 Å². The zero-order valence-corrected chi connectivity index (χ0v) is 43.9. The average molecular weight is 927 g/mol. The van der Waals surface area contributed by atoms with Gasteiger partial charge >= 0.3 is 5.97 Å². The Morgan fingerprint density at radius 2 is 0.773 bits per heavy atom. The Morgan fingerprint density at radius 1 is 0.424 bits per heavy atom. The summed E-state index contributed by atoms with van der Waals surface area (Å²) in [7, 11) is 0. The Hall–Kier alpha value is -2.18. The minimum absolute atomic E-state index is 0.00522. The Kier molecular flexibility index (Phi) is 53.6. The third kappa shape index (κ3) is 51.2. The summed E-state index contributed by atoms with van der Waals surface area (Å²) >= 11 is 0. The minimum Gasteiger partial charge on any atom is -0.466 e. The molecular weight excluding hydrogens is 815 g/mol. The zero-order chi connectivity index (χ0) is 47.9. The summed E-state index contributed by atoms with van der Waals surface area (Å²) < 4.78 is 5.45. The van der Waals surface area contributed by atoms with E-state index < -0.39 is 12.1 Å². The van der Waals surface area contributed by atoms with E-state index in [-0.39, 0.29) is 18.5 Å². The van der Waals surface area contributed by atoms with Crippen molar-refractivity contribution in [1.29, 1.82) is 0 Å². The van der Waals surface area contributed by atoms with Crippen LogP contribution in [0.5, 0.6) is 0 Å². The number of aliphatic hydroxyl groups is 2. The molecule has 0 aliphatic rings. The largest absolute Gasteiger partial charge is 0.466 e. The number of rotatable bonds is 53. The van der Waals surface area contributed by atoms with Crippen LogP contribution in [0.1, 0.15) is 296 Å². The summed E-state index contributed by atoms with van der Waals surface area (Å²) in [6.07, 6.45) is 69.9. The molecule has 0 fully saturated rings. The molecule has 0 aromatic rings. The molecule has 6 nitrogen and oxygen atoms in total. The summed E-state index contributed by atoms with van der Waals surface area (Å²) in [5.41, 5.74) is 0. The molecule has 2 unspecified atom stereocenters. The lowest BCUT2D eigenvalue weighted by Crippen LogP contribution is -2.45. The van der Waals surface area contributed by atoms with Crippen molar-refractivity contribution >= 4 is 11.9 Å². The van der Waals surface area contributed by atoms with Crippen LogP contribution < -0.4 is 5.32 Å². The first-order valence-corrected chi connectivity index (χ1v) is 28.9. The normalized spacial score (nSPS) is 13.0. The Labute approximate surface area is 410 Å². The summed E-state index contributed by atoms with van der Waals surface area (Å²) in [5, 5.41) is 23.1. The molecule has 0 spiro atoms. The van der Waals surface area contributed by atoms with Crippen LogP contribution in [0.3, 0.4) is 0 Å². The molecule has 0 aromatic heterocycles. The maximum absolute atomic E-state index is 12.4. The highest BCUT2D eigenvalue weighted by Crippen LogP contribution is 2.16. The van der Waals surface area contributed by atoms with E-state index >= 15 is 0 Å². The predicted molar refractivity (Wildman–Crippen MR) is 287 cm³/mol. The first-order chi connectivity index (χ1) is 32.5. The van der Waals surface area contributed by atoms with E-state index in [1.165, 1.54) is 205 Å². The van der Waals surface area contributed by atoms with Gasteiger partial charge in [-0.25, -0.2) is 0 Å². The Balaban J connectivity index is 3.49. The number of carbonyl (C=O) groups excluding carboxylic acids is 2. The third-order valence-electron chi connectivity index (χ3n) is 13.1. The molecule has 0 aliphatic heterocycles. The maximum Gasteiger partial charge on any atom is 0.305 e. The van der Waals surface area contributed by atoms with E-state index in [0.717, 1.165) is 64.2 Å². The first-order valence-electron chi connectivity index (χ1n) is 28.9. The number of esters is 1. The standard InChI is InChI=1S/C60H111NO5/c1-3-5-7-9-11-13-15-16-26-29-33-36-40-44-48-52-58(63)57(56-62)61-59(64)53-49-45-41-37-34-30-27-24-22-20-18-17-19-21-23-25-28-31-35-39-43-47-51-55-66-60(65)54-50-46-42-38-32-14-12-10-8-6-4-2/h10,12,17,19-20,22,48,52,57-58,62-63H,3-9,11,13-16,18,21,23-47,49-51,53-56H2,1-2H3,(H,61,64)/b12-10-,19-17-,22-20-,52-48+. The van der Waals surface area contributed by atoms with E-state index in [2.05, 4.69) is 55.6 Å². The molecule has 0 aliphatic carbocycles. The smallest absolute Gasteiger partial charge is 0.305 e. The number of hydrogen-bond donors (Lipinski definition) is 3. The number of allylic oxidation sites excluding steroid dienone is 7. The number of hydrogen-bond acceptors (Lipinski definition) is 5. The van der Waals surface area contributed by atoms with Gasteiger partial charge in [0.1, 0.15) is 0 Å². The van der Waals surface area contributed by atoms with Crippen molar-refractivity contribution < 1.29 is 24.5 Å². The molecule has 0 saturated carbocycles. The third-order valence-corrected chi connectivity index (χ3v) is 13.1. The molecule has 0 saturated heterocycles. The monoisotopic (exact) mass is 926 g/mol. The molecule has 0 radical (unpaired) electrons. The van der Waals surface area contributed by atoms with Crippen molar-refractivity contribution in [3.8, 4) is 0 Å². The summed E-state index contributed by atoms with van der Waals surface area (Å²) in [6.45, 7) is 4.85. The second kappa shape index (κ2) is 55.4. The molecular formula is C60H111NO5. The fourth-order valence-corrected chi connectivity index (χ4v) is 8.59. The fraction of sp³-hybridized carbons (Fsp3) is 0.833. The molecule has 6 heteroatoms. The molecule has 0 bridgehead atoms. The van der Waals surface area contributed by atoms with Crippen molar-refractivity contribution in [1.82, 2.24) is 5.32 Å². The predicted octanol–water partition coefficient (Wildman–Crippen LogP) is 17.8. The molecule has 1 amide bonds. The number of carbonyl (C=O) groups is 2. The van der Waals surface area contributed by atoms with E-state index in [9.17, 15) is 19.8 Å². The van der Waals surface area contributed by atoms with Crippen molar-refractivity contribution in [2.24, 2.45) is 0 Å². The molecule has 0 heterocycles. The zero-order valence-electron chi connectivity index (χ0n) is 43.9. The van der Waals surface area contributed by atoms with Gasteiger partial charge in [0.2, 0.25) is 5.91 Å². The lowest BCUT2D eigenvalue weighted by atomic mass is 10.0. The van der Waals surface area contributed by atoms with Gasteiger partial charge in [-0.05, 0) is 83.5 Å². The summed E-state index contributed by atoms with van der Waals surface area (Å²) in [4.78, 5) is 24.4. The highest BCUT2D eigenvalue weighted by atomic mass is 16.5. The molecule has 0 rings (SSSR count). The molecule has 2 atom stereocenters. The van der Waals surface area contributed by atoms with E-state index in [1.54, 1.807) is 6.08 Å². The summed E-state index contributed by atoms with van der Waals surface area (Å²) in [5.74, 6) is -0.0837. The topological polar surface area (TPSA) is 95.9 Å². The lowest BCUT2D eigenvalue weighted by molar-refractivity contribution is -0.143. The number of unbranched alkanes of at least 4 members (excludes halogenated alkanes) is 36. The molecule has 3 N–H and O–H groups in total. The van der Waals surface area contributed by atoms with Crippen LogP contribution in [0, 0.1) is 0 Å². The van der Waals surface area contributed by atoms with Crippen LogP contribution in [0.4, 0.5) is 0 Å². The molecule has 0 aromatic carbocycles. The van der Waals surface area contributed by atoms with Crippen LogP contribution >= 0.6 is 0 Å². The van der Waals surface area contributed by atoms with Crippen molar-refractivity contribution in [3.63, 3.8) is 0 Å². The average Bonchev–Trinajstić information content (AvgIpc) is 3.32. The Bertz CT molecular complexity index is 1110. The van der Waals surface area contributed by atoms with Crippen molar-refractivity contribution in [3.05, 3.63) is 48.6 Å². The maximum atomic E-state index is 12.4. The van der Waals surface area contributed by atoms with Gasteiger partial charge in [0.05, 0.1) is 25.4 Å². The van der Waals surface area contributed by atoms with Gasteiger partial charge in [0, 0.05) is 12.8 Å². The highest BCUT2D eigenvalue weighted by molar-refractivity contribution is 5.76. The minimum atomic E-state index is -0.851. The molecule has 66 heavy (non-hydrogen) atoms. The van der Waals surface area contributed by atoms with Gasteiger partial charge in [-0.15, -0.1) is 0 Å². The van der Waals surface area contributed by atoms with Crippen LogP contribution in [-0.4, -0.2) is 47.4 Å². The van der Waals surface area contributed by atoms with Gasteiger partial charge in [-0.1, -0.05) is 249 Å². The van der Waals surface area contributed by atoms with E-state index in [1.807, 2.05) is 6.08 Å². The van der Waals surface area contributed by atoms with E-state index in [4.69, 9.17) is 4.74 Å². The van der Waals surface area contributed by atoms with Gasteiger partial charge in [0.15, 0.2) is 0 Å². The van der Waals surface area contributed by atoms with Crippen LogP contribution in [-0.2, 0) is 14.3 Å². The molecule has 386 valence electrons. The van der Waals surface area contributed by atoms with Gasteiger partial charge in [0.25, 0.3) is 0 Å². The fourth-order valence-electron chi connectivity index (χ4n) is 8.59. The van der Waals surface area contributed by atoms with Gasteiger partial charge in [-0.3, -0.25) is 9.59 Å². The van der Waals surface area contributed by atoms with Gasteiger partial charge in [-0.2, -0.15) is 0 Å².